The van der Waals surface area contributed by atoms with Gasteiger partial charge in [-0.3, -0.25) is 13.9 Å². The molecule has 0 saturated heterocycles. The number of sulfonamides is 1. The molecular formula is C30H34Cl2FN3O4S. The molecule has 0 aliphatic heterocycles. The molecule has 3 aromatic carbocycles. The van der Waals surface area contributed by atoms with E-state index in [9.17, 15) is 22.4 Å². The number of carbonyl (C=O) groups is 2. The summed E-state index contributed by atoms with van der Waals surface area (Å²) >= 11 is 12.7. The molecule has 41 heavy (non-hydrogen) atoms. The van der Waals surface area contributed by atoms with Crippen molar-refractivity contribution in [2.24, 2.45) is 0 Å². The van der Waals surface area contributed by atoms with Crippen LogP contribution in [0.5, 0.6) is 0 Å². The number of nitrogens with zero attached hydrogens (tertiary/aromatic N) is 2. The Labute approximate surface area is 251 Å². The van der Waals surface area contributed by atoms with Gasteiger partial charge in [-0.2, -0.15) is 0 Å². The zero-order valence-corrected chi connectivity index (χ0v) is 25.7. The summed E-state index contributed by atoms with van der Waals surface area (Å²) in [5.74, 6) is -1.46. The Hall–Kier alpha value is -3.14. The summed E-state index contributed by atoms with van der Waals surface area (Å²) in [7, 11) is -4.30. The van der Waals surface area contributed by atoms with Crippen molar-refractivity contribution >= 4 is 50.7 Å². The van der Waals surface area contributed by atoms with Crippen molar-refractivity contribution in [3.05, 3.63) is 93.7 Å². The van der Waals surface area contributed by atoms with Gasteiger partial charge in [-0.1, -0.05) is 72.9 Å². The minimum atomic E-state index is -4.30. The number of nitrogens with one attached hydrogen (secondary N) is 1. The number of amides is 2. The second kappa shape index (κ2) is 14.2. The third-order valence-corrected chi connectivity index (χ3v) is 9.32. The maximum atomic E-state index is 14.1. The first-order valence-corrected chi connectivity index (χ1v) is 15.5. The van der Waals surface area contributed by atoms with Crippen LogP contribution in [0.3, 0.4) is 0 Å². The van der Waals surface area contributed by atoms with Crippen LogP contribution in [0.15, 0.2) is 71.6 Å². The topological polar surface area (TPSA) is 86.8 Å². The second-order valence-corrected chi connectivity index (χ2v) is 12.4. The fraction of sp³-hybridized carbons (Fsp3) is 0.333. The molecule has 0 fully saturated rings. The fourth-order valence-electron chi connectivity index (χ4n) is 4.18. The summed E-state index contributed by atoms with van der Waals surface area (Å²) in [6.07, 6.45) is 0.946. The maximum Gasteiger partial charge on any atom is 0.264 e. The first-order chi connectivity index (χ1) is 19.4. The Morgan fingerprint density at radius 1 is 0.951 bits per heavy atom. The summed E-state index contributed by atoms with van der Waals surface area (Å²) in [4.78, 5) is 28.7. The molecule has 0 heterocycles. The molecule has 0 spiro atoms. The fourth-order valence-corrected chi connectivity index (χ4v) is 6.06. The predicted octanol–water partition coefficient (Wildman–Crippen LogP) is 6.36. The average Bonchev–Trinajstić information content (AvgIpc) is 2.94. The van der Waals surface area contributed by atoms with Gasteiger partial charge in [0.25, 0.3) is 10.0 Å². The van der Waals surface area contributed by atoms with Gasteiger partial charge < -0.3 is 10.2 Å². The van der Waals surface area contributed by atoms with Gasteiger partial charge in [-0.05, 0) is 68.7 Å². The van der Waals surface area contributed by atoms with E-state index in [2.05, 4.69) is 5.32 Å². The standard InChI is InChI=1S/C30H34Cl2FN3O4S/c1-5-21(4)34-30(38)26(6-2)35(18-22-12-14-23(33)15-13-22)28(37)19-36(27-9-7-8-25(31)29(27)32)41(39,40)24-16-10-20(3)11-17-24/h7-17,21,26H,5-6,18-19H2,1-4H3,(H,34,38)/t21-,26-/m1/s1. The molecule has 7 nitrogen and oxygen atoms in total. The highest BCUT2D eigenvalue weighted by Gasteiger charge is 2.35. The number of carbonyl (C=O) groups excluding carboxylic acids is 2. The van der Waals surface area contributed by atoms with Crippen LogP contribution >= 0.6 is 23.2 Å². The van der Waals surface area contributed by atoms with Gasteiger partial charge in [0, 0.05) is 12.6 Å². The van der Waals surface area contributed by atoms with Crippen molar-refractivity contribution < 1.29 is 22.4 Å². The lowest BCUT2D eigenvalue weighted by molar-refractivity contribution is -0.140. The smallest absolute Gasteiger partial charge is 0.264 e. The lowest BCUT2D eigenvalue weighted by atomic mass is 10.1. The Morgan fingerprint density at radius 3 is 2.17 bits per heavy atom. The van der Waals surface area contributed by atoms with Crippen molar-refractivity contribution in [3.63, 3.8) is 0 Å². The third kappa shape index (κ3) is 7.99. The van der Waals surface area contributed by atoms with Gasteiger partial charge in [-0.15, -0.1) is 0 Å². The molecule has 0 aliphatic carbocycles. The SMILES string of the molecule is CC[C@@H](C)NC(=O)[C@@H](CC)N(Cc1ccc(F)cc1)C(=O)CN(c1cccc(Cl)c1Cl)S(=O)(=O)c1ccc(C)cc1. The summed E-state index contributed by atoms with van der Waals surface area (Å²) in [6, 6.07) is 15.2. The van der Waals surface area contributed by atoms with E-state index in [1.165, 1.54) is 59.5 Å². The van der Waals surface area contributed by atoms with Crippen LogP contribution in [0.2, 0.25) is 10.0 Å². The van der Waals surface area contributed by atoms with Crippen LogP contribution in [0.1, 0.15) is 44.7 Å². The first-order valence-electron chi connectivity index (χ1n) is 13.3. The zero-order chi connectivity index (χ0) is 30.3. The number of halogens is 3. The number of rotatable bonds is 12. The molecule has 3 rings (SSSR count). The van der Waals surface area contributed by atoms with E-state index >= 15 is 0 Å². The van der Waals surface area contributed by atoms with E-state index in [0.29, 0.717) is 12.0 Å². The second-order valence-electron chi connectivity index (χ2n) is 9.79. The number of hydrogen-bond donors (Lipinski definition) is 1. The first kappa shape index (κ1) is 32.4. The van der Waals surface area contributed by atoms with Crippen molar-refractivity contribution in [1.29, 1.82) is 0 Å². The number of aryl methyl sites for hydroxylation is 1. The van der Waals surface area contributed by atoms with Gasteiger partial charge in [0.05, 0.1) is 20.6 Å². The monoisotopic (exact) mass is 621 g/mol. The zero-order valence-electron chi connectivity index (χ0n) is 23.4. The molecule has 0 saturated carbocycles. The highest BCUT2D eigenvalue weighted by molar-refractivity contribution is 7.92. The Balaban J connectivity index is 2.10. The molecular weight excluding hydrogens is 588 g/mol. The highest BCUT2D eigenvalue weighted by Crippen LogP contribution is 2.35. The lowest BCUT2D eigenvalue weighted by Crippen LogP contribution is -2.53. The van der Waals surface area contributed by atoms with Crippen LogP contribution in [-0.4, -0.2) is 43.8 Å². The Kier molecular flexibility index (Phi) is 11.2. The largest absolute Gasteiger partial charge is 0.352 e. The van der Waals surface area contributed by atoms with Crippen LogP contribution in [0.25, 0.3) is 0 Å². The van der Waals surface area contributed by atoms with Gasteiger partial charge in [0.1, 0.15) is 18.4 Å². The van der Waals surface area contributed by atoms with Gasteiger partial charge >= 0.3 is 0 Å². The minimum Gasteiger partial charge on any atom is -0.352 e. The number of benzene rings is 3. The van der Waals surface area contributed by atoms with Crippen LogP contribution in [0, 0.1) is 12.7 Å². The molecule has 0 bridgehead atoms. The summed E-state index contributed by atoms with van der Waals surface area (Å²) < 4.78 is 42.4. The summed E-state index contributed by atoms with van der Waals surface area (Å²) in [6.45, 7) is 6.66. The van der Waals surface area contributed by atoms with E-state index < -0.39 is 34.3 Å². The molecule has 3 aromatic rings. The molecule has 2 amide bonds. The van der Waals surface area contributed by atoms with Crippen LogP contribution < -0.4 is 9.62 Å². The highest BCUT2D eigenvalue weighted by atomic mass is 35.5. The van der Waals surface area contributed by atoms with Gasteiger partial charge in [0.15, 0.2) is 0 Å². The number of hydrogen-bond acceptors (Lipinski definition) is 4. The quantitative estimate of drug-likeness (QED) is 0.255. The van der Waals surface area contributed by atoms with Crippen LogP contribution in [0.4, 0.5) is 10.1 Å². The van der Waals surface area contributed by atoms with Crippen molar-refractivity contribution in [2.45, 2.75) is 64.1 Å². The van der Waals surface area contributed by atoms with E-state index in [1.807, 2.05) is 20.8 Å². The summed E-state index contributed by atoms with van der Waals surface area (Å²) in [5, 5.41) is 2.99. The maximum absolute atomic E-state index is 14.1. The van der Waals surface area contributed by atoms with Crippen molar-refractivity contribution in [1.82, 2.24) is 10.2 Å². The van der Waals surface area contributed by atoms with Gasteiger partial charge in [0.2, 0.25) is 11.8 Å². The van der Waals surface area contributed by atoms with Crippen LogP contribution in [-0.2, 0) is 26.2 Å². The number of anilines is 1. The molecule has 2 atom stereocenters. The van der Waals surface area contributed by atoms with Crippen molar-refractivity contribution in [2.75, 3.05) is 10.8 Å². The summed E-state index contributed by atoms with van der Waals surface area (Å²) in [5.41, 5.74) is 1.45. The van der Waals surface area contributed by atoms with E-state index in [1.54, 1.807) is 19.1 Å². The molecule has 11 heteroatoms. The molecule has 0 aromatic heterocycles. The molecule has 0 unspecified atom stereocenters. The lowest BCUT2D eigenvalue weighted by Gasteiger charge is -2.34. The van der Waals surface area contributed by atoms with Gasteiger partial charge in [-0.25, -0.2) is 12.8 Å². The molecule has 1 N–H and O–H groups in total. The third-order valence-electron chi connectivity index (χ3n) is 6.74. The molecule has 0 radical (unpaired) electrons. The average molecular weight is 623 g/mol. The molecule has 220 valence electrons. The molecule has 0 aliphatic rings. The Bertz CT molecular complexity index is 1470. The van der Waals surface area contributed by atoms with Crippen molar-refractivity contribution in [3.8, 4) is 0 Å². The van der Waals surface area contributed by atoms with E-state index in [0.717, 1.165) is 9.87 Å². The normalized spacial score (nSPS) is 12.9. The van der Waals surface area contributed by atoms with E-state index in [-0.39, 0.29) is 45.5 Å². The Morgan fingerprint density at radius 2 is 1.59 bits per heavy atom. The predicted molar refractivity (Wildman–Crippen MR) is 161 cm³/mol. The minimum absolute atomic E-state index is 0.0203. The van der Waals surface area contributed by atoms with E-state index in [4.69, 9.17) is 23.2 Å².